The second-order valence-corrected chi connectivity index (χ2v) is 7.91. The molecule has 0 saturated carbocycles. The third-order valence-corrected chi connectivity index (χ3v) is 5.08. The normalized spacial score (nSPS) is 16.3. The average molecular weight is 464 g/mol. The van der Waals surface area contributed by atoms with E-state index >= 15 is 0 Å². The first-order chi connectivity index (χ1) is 15.5. The number of nitrogens with one attached hydrogen (secondary N) is 1. The van der Waals surface area contributed by atoms with Gasteiger partial charge in [0.25, 0.3) is 0 Å². The predicted octanol–water partition coefficient (Wildman–Crippen LogP) is 3.93. The number of ether oxygens (including phenoxy) is 1. The van der Waals surface area contributed by atoms with Crippen molar-refractivity contribution in [3.63, 3.8) is 0 Å². The minimum Gasteiger partial charge on any atom is -0.408 e. The van der Waals surface area contributed by atoms with Gasteiger partial charge in [0.1, 0.15) is 6.54 Å². The Balaban J connectivity index is 1.73. The molecule has 2 heterocycles. The first-order valence-electron chi connectivity index (χ1n) is 10.2. The summed E-state index contributed by atoms with van der Waals surface area (Å²) in [7, 11) is 0. The van der Waals surface area contributed by atoms with E-state index in [9.17, 15) is 27.6 Å². The minimum absolute atomic E-state index is 0.00795. The molecule has 3 amide bonds. The fourth-order valence-electron chi connectivity index (χ4n) is 3.50. The van der Waals surface area contributed by atoms with Gasteiger partial charge in [0.2, 0.25) is 11.8 Å². The lowest BCUT2D eigenvalue weighted by molar-refractivity contribution is -0.137. The van der Waals surface area contributed by atoms with Crippen molar-refractivity contribution in [2.75, 3.05) is 23.3 Å². The highest BCUT2D eigenvalue weighted by Crippen LogP contribution is 2.31. The Morgan fingerprint density at radius 1 is 1.24 bits per heavy atom. The van der Waals surface area contributed by atoms with Crippen molar-refractivity contribution in [1.82, 2.24) is 9.88 Å². The van der Waals surface area contributed by atoms with Crippen LogP contribution in [0.2, 0.25) is 0 Å². The van der Waals surface area contributed by atoms with Gasteiger partial charge in [-0.2, -0.15) is 13.2 Å². The van der Waals surface area contributed by atoms with Crippen molar-refractivity contribution in [2.24, 2.45) is 5.92 Å². The number of nitrogens with zero attached hydrogens (tertiary/aromatic N) is 3. The summed E-state index contributed by atoms with van der Waals surface area (Å²) in [5.74, 6) is -1.03. The Kier molecular flexibility index (Phi) is 6.89. The second kappa shape index (κ2) is 9.47. The van der Waals surface area contributed by atoms with Crippen LogP contribution < -0.4 is 15.0 Å². The number of carbonyl (C=O) groups excluding carboxylic acids is 3. The smallest absolute Gasteiger partial charge is 0.408 e. The molecule has 3 rings (SSSR count). The number of amides is 3. The number of halogens is 3. The lowest BCUT2D eigenvalue weighted by atomic mass is 10.0. The van der Waals surface area contributed by atoms with E-state index in [0.29, 0.717) is 12.2 Å². The predicted molar refractivity (Wildman–Crippen MR) is 114 cm³/mol. The van der Waals surface area contributed by atoms with Gasteiger partial charge in [0, 0.05) is 25.2 Å². The standard InChI is InChI=1S/C22H23F3N4O4/c1-13(2)18-11-28(17-7-8-20(26-10-17)33-14(3)30)21(32)29(18)12-19(31)27-16-6-4-5-15(9-16)22(23,24)25/h4-10,13,18H,11-12H2,1-3H3,(H,27,31)/t18-/m1/s1. The van der Waals surface area contributed by atoms with Gasteiger partial charge in [0.15, 0.2) is 0 Å². The number of anilines is 2. The zero-order valence-corrected chi connectivity index (χ0v) is 18.2. The number of hydrogen-bond acceptors (Lipinski definition) is 5. The third-order valence-electron chi connectivity index (χ3n) is 5.08. The lowest BCUT2D eigenvalue weighted by Crippen LogP contribution is -2.42. The molecule has 1 aromatic carbocycles. The highest BCUT2D eigenvalue weighted by molar-refractivity contribution is 5.99. The van der Waals surface area contributed by atoms with Gasteiger partial charge in [-0.25, -0.2) is 9.78 Å². The minimum atomic E-state index is -4.53. The maximum absolute atomic E-state index is 13.1. The average Bonchev–Trinajstić information content (AvgIpc) is 3.04. The van der Waals surface area contributed by atoms with Gasteiger partial charge >= 0.3 is 18.2 Å². The molecule has 0 spiro atoms. The first-order valence-corrected chi connectivity index (χ1v) is 10.2. The van der Waals surface area contributed by atoms with Gasteiger partial charge < -0.3 is 15.0 Å². The van der Waals surface area contributed by atoms with Crippen molar-refractivity contribution >= 4 is 29.3 Å². The zero-order chi connectivity index (χ0) is 24.3. The molecule has 0 aliphatic carbocycles. The Labute approximate surface area is 188 Å². The van der Waals surface area contributed by atoms with Gasteiger partial charge in [-0.3, -0.25) is 14.5 Å². The van der Waals surface area contributed by atoms with Crippen LogP contribution in [-0.4, -0.2) is 46.9 Å². The molecule has 33 heavy (non-hydrogen) atoms. The van der Waals surface area contributed by atoms with Gasteiger partial charge in [0.05, 0.1) is 23.5 Å². The molecule has 1 N–H and O–H groups in total. The summed E-state index contributed by atoms with van der Waals surface area (Å²) >= 11 is 0. The third kappa shape index (κ3) is 5.79. The van der Waals surface area contributed by atoms with Crippen LogP contribution in [0.25, 0.3) is 0 Å². The number of urea groups is 1. The number of benzene rings is 1. The number of aromatic nitrogens is 1. The van der Waals surface area contributed by atoms with Crippen LogP contribution in [0, 0.1) is 5.92 Å². The van der Waals surface area contributed by atoms with E-state index in [1.165, 1.54) is 41.1 Å². The van der Waals surface area contributed by atoms with Gasteiger partial charge in [-0.15, -0.1) is 0 Å². The van der Waals surface area contributed by atoms with Crippen LogP contribution in [0.3, 0.4) is 0 Å². The van der Waals surface area contributed by atoms with Crippen molar-refractivity contribution in [3.8, 4) is 5.88 Å². The van der Waals surface area contributed by atoms with Crippen LogP contribution >= 0.6 is 0 Å². The molecular formula is C22H23F3N4O4. The number of hydrogen-bond donors (Lipinski definition) is 1. The topological polar surface area (TPSA) is 91.8 Å². The summed E-state index contributed by atoms with van der Waals surface area (Å²) in [5.41, 5.74) is -0.430. The molecule has 11 heteroatoms. The van der Waals surface area contributed by atoms with E-state index < -0.39 is 29.6 Å². The molecule has 1 atom stereocenters. The SMILES string of the molecule is CC(=O)Oc1ccc(N2C[C@H](C(C)C)N(CC(=O)Nc3cccc(C(F)(F)F)c3)C2=O)cn1. The lowest BCUT2D eigenvalue weighted by Gasteiger charge is -2.25. The molecule has 0 radical (unpaired) electrons. The van der Waals surface area contributed by atoms with Crippen molar-refractivity contribution in [3.05, 3.63) is 48.2 Å². The Bertz CT molecular complexity index is 1040. The van der Waals surface area contributed by atoms with E-state index in [-0.39, 0.29) is 30.1 Å². The maximum Gasteiger partial charge on any atom is 0.416 e. The molecule has 1 aliphatic heterocycles. The monoisotopic (exact) mass is 464 g/mol. The fourth-order valence-corrected chi connectivity index (χ4v) is 3.50. The van der Waals surface area contributed by atoms with Crippen molar-refractivity contribution in [2.45, 2.75) is 33.0 Å². The maximum atomic E-state index is 13.1. The van der Waals surface area contributed by atoms with Crippen LogP contribution in [0.5, 0.6) is 5.88 Å². The van der Waals surface area contributed by atoms with Crippen molar-refractivity contribution < 1.29 is 32.3 Å². The quantitative estimate of drug-likeness (QED) is 0.654. The highest BCUT2D eigenvalue weighted by atomic mass is 19.4. The summed E-state index contributed by atoms with van der Waals surface area (Å²) in [5, 5.41) is 2.43. The molecule has 0 unspecified atom stereocenters. The van der Waals surface area contributed by atoms with Gasteiger partial charge in [-0.05, 0) is 30.2 Å². The highest BCUT2D eigenvalue weighted by Gasteiger charge is 2.40. The molecule has 0 bridgehead atoms. The Hall–Kier alpha value is -3.63. The first kappa shape index (κ1) is 24.0. The van der Waals surface area contributed by atoms with Crippen LogP contribution in [-0.2, 0) is 15.8 Å². The van der Waals surface area contributed by atoms with Crippen LogP contribution in [0.1, 0.15) is 26.3 Å². The van der Waals surface area contributed by atoms with E-state index in [2.05, 4.69) is 10.3 Å². The van der Waals surface area contributed by atoms with E-state index in [0.717, 1.165) is 12.1 Å². The molecule has 1 aliphatic rings. The van der Waals surface area contributed by atoms with E-state index in [1.54, 1.807) is 6.07 Å². The molecule has 2 aromatic rings. The molecule has 8 nitrogen and oxygen atoms in total. The summed E-state index contributed by atoms with van der Waals surface area (Å²) < 4.78 is 43.6. The number of rotatable bonds is 6. The zero-order valence-electron chi connectivity index (χ0n) is 18.2. The Morgan fingerprint density at radius 2 is 1.97 bits per heavy atom. The van der Waals surface area contributed by atoms with E-state index in [1.807, 2.05) is 13.8 Å². The largest absolute Gasteiger partial charge is 0.416 e. The summed E-state index contributed by atoms with van der Waals surface area (Å²) in [4.78, 5) is 43.5. The fraction of sp³-hybridized carbons (Fsp3) is 0.364. The molecule has 1 fully saturated rings. The van der Waals surface area contributed by atoms with Crippen LogP contribution in [0.15, 0.2) is 42.6 Å². The van der Waals surface area contributed by atoms with Crippen LogP contribution in [0.4, 0.5) is 29.3 Å². The molecule has 1 aromatic heterocycles. The summed E-state index contributed by atoms with van der Waals surface area (Å²) in [6.07, 6.45) is -3.15. The van der Waals surface area contributed by atoms with E-state index in [4.69, 9.17) is 4.74 Å². The number of alkyl halides is 3. The summed E-state index contributed by atoms with van der Waals surface area (Å²) in [6.45, 7) is 5.02. The van der Waals surface area contributed by atoms with Gasteiger partial charge in [-0.1, -0.05) is 19.9 Å². The molecule has 176 valence electrons. The number of esters is 1. The number of carbonyl (C=O) groups is 3. The second-order valence-electron chi connectivity index (χ2n) is 7.91. The van der Waals surface area contributed by atoms with Crippen molar-refractivity contribution in [1.29, 1.82) is 0 Å². The number of pyridine rings is 1. The Morgan fingerprint density at radius 3 is 2.55 bits per heavy atom. The molecule has 1 saturated heterocycles. The molecular weight excluding hydrogens is 441 g/mol. The summed E-state index contributed by atoms with van der Waals surface area (Å²) in [6, 6.07) is 6.59.